The van der Waals surface area contributed by atoms with Crippen molar-refractivity contribution in [3.05, 3.63) is 28.2 Å². The van der Waals surface area contributed by atoms with Crippen LogP contribution in [0.3, 0.4) is 0 Å². The minimum absolute atomic E-state index is 0.767. The van der Waals surface area contributed by atoms with Crippen LogP contribution in [0.15, 0.2) is 22.7 Å². The molecule has 1 aromatic rings. The predicted molar refractivity (Wildman–Crippen MR) is 68.5 cm³/mol. The van der Waals surface area contributed by atoms with Gasteiger partial charge in [0.05, 0.1) is 6.61 Å². The Balaban J connectivity index is 2.28. The number of aryl methyl sites for hydroxylation is 1. The lowest BCUT2D eigenvalue weighted by Crippen LogP contribution is -2.09. The van der Waals surface area contributed by atoms with Gasteiger partial charge in [0.1, 0.15) is 0 Å². The Morgan fingerprint density at radius 3 is 2.80 bits per heavy atom. The Morgan fingerprint density at radius 1 is 1.33 bits per heavy atom. The zero-order valence-electron chi connectivity index (χ0n) is 9.35. The zero-order valence-corrected chi connectivity index (χ0v) is 10.9. The number of hydrogen-bond donors (Lipinski definition) is 1. The number of rotatable bonds is 6. The van der Waals surface area contributed by atoms with Crippen LogP contribution in [0.4, 0.5) is 5.69 Å². The first kappa shape index (κ1) is 12.5. The van der Waals surface area contributed by atoms with Gasteiger partial charge in [-0.3, -0.25) is 0 Å². The average Bonchev–Trinajstić information content (AvgIpc) is 2.23. The van der Waals surface area contributed by atoms with Gasteiger partial charge in [-0.05, 0) is 37.1 Å². The Kier molecular flexibility index (Phi) is 5.73. The molecule has 0 radical (unpaired) electrons. The Hall–Kier alpha value is -0.540. The molecule has 84 valence electrons. The predicted octanol–water partition coefficient (Wildman–Crippen LogP) is 3.60. The molecule has 0 aliphatic rings. The molecular formula is C12H18BrNO. The van der Waals surface area contributed by atoms with Gasteiger partial charge >= 0.3 is 0 Å². The fourth-order valence-corrected chi connectivity index (χ4v) is 1.52. The van der Waals surface area contributed by atoms with Crippen molar-refractivity contribution in [2.75, 3.05) is 25.1 Å². The lowest BCUT2D eigenvalue weighted by atomic mass is 10.2. The van der Waals surface area contributed by atoms with Crippen LogP contribution in [-0.2, 0) is 4.74 Å². The van der Waals surface area contributed by atoms with Gasteiger partial charge in [-0.1, -0.05) is 22.9 Å². The Labute approximate surface area is 100 Å². The van der Waals surface area contributed by atoms with Crippen LogP contribution in [0.2, 0.25) is 0 Å². The number of hydrogen-bond acceptors (Lipinski definition) is 2. The molecule has 15 heavy (non-hydrogen) atoms. The Bertz CT molecular complexity index is 302. The summed E-state index contributed by atoms with van der Waals surface area (Å²) in [6.45, 7) is 6.68. The van der Waals surface area contributed by atoms with Crippen LogP contribution in [0, 0.1) is 6.92 Å². The van der Waals surface area contributed by atoms with Crippen molar-refractivity contribution in [1.82, 2.24) is 0 Å². The number of halogens is 1. The molecule has 0 atom stereocenters. The summed E-state index contributed by atoms with van der Waals surface area (Å²) in [6, 6.07) is 6.26. The van der Waals surface area contributed by atoms with E-state index in [1.54, 1.807) is 0 Å². The highest BCUT2D eigenvalue weighted by Crippen LogP contribution is 2.19. The summed E-state index contributed by atoms with van der Waals surface area (Å²) in [5.74, 6) is 0. The summed E-state index contributed by atoms with van der Waals surface area (Å²) in [5, 5.41) is 3.33. The van der Waals surface area contributed by atoms with Gasteiger partial charge in [0, 0.05) is 23.3 Å². The van der Waals surface area contributed by atoms with Crippen LogP contribution in [-0.4, -0.2) is 19.8 Å². The van der Waals surface area contributed by atoms with Gasteiger partial charge in [0.25, 0.3) is 0 Å². The molecule has 1 aromatic carbocycles. The molecule has 0 bridgehead atoms. The van der Waals surface area contributed by atoms with Crippen LogP contribution < -0.4 is 5.32 Å². The zero-order chi connectivity index (χ0) is 11.1. The van der Waals surface area contributed by atoms with Gasteiger partial charge < -0.3 is 10.1 Å². The normalized spacial score (nSPS) is 10.3. The maximum Gasteiger partial charge on any atom is 0.0639 e. The second kappa shape index (κ2) is 6.85. The van der Waals surface area contributed by atoms with Gasteiger partial charge in [-0.25, -0.2) is 0 Å². The number of ether oxygens (including phenoxy) is 1. The molecule has 0 saturated heterocycles. The van der Waals surface area contributed by atoms with Gasteiger partial charge in [0.15, 0.2) is 0 Å². The topological polar surface area (TPSA) is 21.3 Å². The van der Waals surface area contributed by atoms with Crippen LogP contribution in [0.25, 0.3) is 0 Å². The van der Waals surface area contributed by atoms with E-state index in [9.17, 15) is 0 Å². The molecule has 1 N–H and O–H groups in total. The SMILES string of the molecule is CCCOCCNc1ccc(Br)c(C)c1. The Morgan fingerprint density at radius 2 is 2.13 bits per heavy atom. The third-order valence-electron chi connectivity index (χ3n) is 2.08. The molecule has 1 rings (SSSR count). The summed E-state index contributed by atoms with van der Waals surface area (Å²) in [6.07, 6.45) is 1.08. The number of anilines is 1. The first-order valence-electron chi connectivity index (χ1n) is 5.32. The smallest absolute Gasteiger partial charge is 0.0639 e. The van der Waals surface area contributed by atoms with E-state index in [0.717, 1.165) is 36.3 Å². The largest absolute Gasteiger partial charge is 0.383 e. The van der Waals surface area contributed by atoms with E-state index < -0.39 is 0 Å². The summed E-state index contributed by atoms with van der Waals surface area (Å²) in [5.41, 5.74) is 2.39. The highest BCUT2D eigenvalue weighted by atomic mass is 79.9. The molecule has 0 saturated carbocycles. The van der Waals surface area contributed by atoms with E-state index in [4.69, 9.17) is 4.74 Å². The van der Waals surface area contributed by atoms with Crippen molar-refractivity contribution in [2.45, 2.75) is 20.3 Å². The van der Waals surface area contributed by atoms with Crippen LogP contribution >= 0.6 is 15.9 Å². The van der Waals surface area contributed by atoms with Crippen molar-refractivity contribution in [3.63, 3.8) is 0 Å². The third kappa shape index (κ3) is 4.67. The molecule has 0 amide bonds. The second-order valence-electron chi connectivity index (χ2n) is 3.50. The second-order valence-corrected chi connectivity index (χ2v) is 4.36. The van der Waals surface area contributed by atoms with E-state index in [1.165, 1.54) is 5.56 Å². The molecule has 0 aliphatic heterocycles. The third-order valence-corrected chi connectivity index (χ3v) is 2.97. The van der Waals surface area contributed by atoms with Crippen LogP contribution in [0.1, 0.15) is 18.9 Å². The number of benzene rings is 1. The summed E-state index contributed by atoms with van der Waals surface area (Å²) >= 11 is 3.48. The highest BCUT2D eigenvalue weighted by molar-refractivity contribution is 9.10. The molecule has 0 heterocycles. The van der Waals surface area contributed by atoms with E-state index in [0.29, 0.717) is 0 Å². The van der Waals surface area contributed by atoms with Gasteiger partial charge in [-0.2, -0.15) is 0 Å². The van der Waals surface area contributed by atoms with Crippen molar-refractivity contribution in [2.24, 2.45) is 0 Å². The van der Waals surface area contributed by atoms with E-state index >= 15 is 0 Å². The maximum atomic E-state index is 5.39. The van der Waals surface area contributed by atoms with Crippen molar-refractivity contribution < 1.29 is 4.74 Å². The molecule has 0 spiro atoms. The van der Waals surface area contributed by atoms with Gasteiger partial charge in [0.2, 0.25) is 0 Å². The highest BCUT2D eigenvalue weighted by Gasteiger charge is 1.96. The van der Waals surface area contributed by atoms with Crippen molar-refractivity contribution in [1.29, 1.82) is 0 Å². The standard InChI is InChI=1S/C12H18BrNO/c1-3-7-15-8-6-14-11-4-5-12(13)10(2)9-11/h4-5,9,14H,3,6-8H2,1-2H3. The monoisotopic (exact) mass is 271 g/mol. The minimum Gasteiger partial charge on any atom is -0.383 e. The molecular weight excluding hydrogens is 254 g/mol. The lowest BCUT2D eigenvalue weighted by molar-refractivity contribution is 0.144. The lowest BCUT2D eigenvalue weighted by Gasteiger charge is -2.08. The molecule has 0 fully saturated rings. The first-order chi connectivity index (χ1) is 7.24. The average molecular weight is 272 g/mol. The molecule has 3 heteroatoms. The van der Waals surface area contributed by atoms with E-state index in [-0.39, 0.29) is 0 Å². The van der Waals surface area contributed by atoms with Crippen molar-refractivity contribution in [3.8, 4) is 0 Å². The van der Waals surface area contributed by atoms with E-state index in [1.807, 2.05) is 0 Å². The molecule has 2 nitrogen and oxygen atoms in total. The molecule has 0 unspecified atom stereocenters. The number of nitrogens with one attached hydrogen (secondary N) is 1. The molecule has 0 aliphatic carbocycles. The summed E-state index contributed by atoms with van der Waals surface area (Å²) in [7, 11) is 0. The fraction of sp³-hybridized carbons (Fsp3) is 0.500. The first-order valence-corrected chi connectivity index (χ1v) is 6.11. The van der Waals surface area contributed by atoms with Crippen molar-refractivity contribution >= 4 is 21.6 Å². The molecule has 0 aromatic heterocycles. The quantitative estimate of drug-likeness (QED) is 0.799. The van der Waals surface area contributed by atoms with Gasteiger partial charge in [-0.15, -0.1) is 0 Å². The summed E-state index contributed by atoms with van der Waals surface area (Å²) in [4.78, 5) is 0. The van der Waals surface area contributed by atoms with Crippen LogP contribution in [0.5, 0.6) is 0 Å². The minimum atomic E-state index is 0.767. The summed E-state index contributed by atoms with van der Waals surface area (Å²) < 4.78 is 6.54. The van der Waals surface area contributed by atoms with E-state index in [2.05, 4.69) is 53.3 Å². The fourth-order valence-electron chi connectivity index (χ4n) is 1.27. The maximum absolute atomic E-state index is 5.39.